The van der Waals surface area contributed by atoms with E-state index in [0.29, 0.717) is 5.56 Å². The van der Waals surface area contributed by atoms with Crippen molar-refractivity contribution in [1.82, 2.24) is 9.78 Å². The zero-order chi connectivity index (χ0) is 11.6. The summed E-state index contributed by atoms with van der Waals surface area (Å²) >= 11 is 0. The van der Waals surface area contributed by atoms with E-state index in [1.54, 1.807) is 6.92 Å². The molecule has 0 bridgehead atoms. The summed E-state index contributed by atoms with van der Waals surface area (Å²) in [7, 11) is 0. The van der Waals surface area contributed by atoms with Crippen LogP contribution in [0.4, 0.5) is 12.9 Å². The molecular formula is C8H9BF3KN2O. The van der Waals surface area contributed by atoms with E-state index in [-0.39, 0.29) is 51.4 Å². The summed E-state index contributed by atoms with van der Waals surface area (Å²) in [4.78, 5) is 11.2. The Labute approximate surface area is 133 Å². The van der Waals surface area contributed by atoms with Crippen molar-refractivity contribution >= 4 is 6.98 Å². The first-order chi connectivity index (χ1) is 6.80. The first-order valence-corrected chi connectivity index (χ1v) is 4.22. The molecule has 1 heterocycles. The van der Waals surface area contributed by atoms with E-state index in [1.165, 1.54) is 12.3 Å². The minimum atomic E-state index is -5.12. The topological polar surface area (TPSA) is 34.9 Å². The van der Waals surface area contributed by atoms with Crippen LogP contribution in [0.5, 0.6) is 0 Å². The van der Waals surface area contributed by atoms with Crippen LogP contribution in [0.15, 0.2) is 29.1 Å². The summed E-state index contributed by atoms with van der Waals surface area (Å²) in [6.45, 7) is -1.20. The van der Waals surface area contributed by atoms with Crippen molar-refractivity contribution in [3.8, 4) is 0 Å². The number of aryl methyl sites for hydroxylation is 1. The molecule has 1 aromatic rings. The second kappa shape index (κ2) is 6.15. The molecule has 8 heteroatoms. The molecular weight excluding hydrogens is 247 g/mol. The number of hydrogen-bond acceptors (Lipinski definition) is 2. The summed E-state index contributed by atoms with van der Waals surface area (Å²) in [5, 5.41) is 3.58. The van der Waals surface area contributed by atoms with E-state index >= 15 is 0 Å². The Morgan fingerprint density at radius 2 is 2.12 bits per heavy atom. The Hall–Kier alpha value is 0.111. The molecule has 0 aliphatic carbocycles. The van der Waals surface area contributed by atoms with Gasteiger partial charge in [-0.1, -0.05) is 0 Å². The molecule has 0 saturated carbocycles. The fourth-order valence-electron chi connectivity index (χ4n) is 0.939. The van der Waals surface area contributed by atoms with E-state index in [4.69, 9.17) is 0 Å². The molecule has 1 aromatic heterocycles. The molecule has 82 valence electrons. The van der Waals surface area contributed by atoms with Crippen molar-refractivity contribution < 1.29 is 64.3 Å². The van der Waals surface area contributed by atoms with Gasteiger partial charge in [0.15, 0.2) is 0 Å². The molecule has 0 unspecified atom stereocenters. The van der Waals surface area contributed by atoms with Gasteiger partial charge in [0.1, 0.15) is 0 Å². The molecule has 1 rings (SSSR count). The number of hydrogen-bond donors (Lipinski definition) is 0. The SMILES string of the molecule is C=C(Cn1ncc(C)cc1=O)[B-](F)(F)F.[K+]. The van der Waals surface area contributed by atoms with Crippen molar-refractivity contribution in [3.05, 3.63) is 40.2 Å². The Kier molecular flexibility index (Phi) is 6.20. The van der Waals surface area contributed by atoms with Gasteiger partial charge in [-0.25, -0.2) is 4.68 Å². The van der Waals surface area contributed by atoms with E-state index in [2.05, 4.69) is 11.7 Å². The number of aromatic nitrogens is 2. The standard InChI is InChI=1S/C8H9BF3N2O.K/c1-6-3-8(15)14(13-4-6)5-7(2)9(10,11)12;/h3-4H,2,5H2,1H3;/q-1;+1. The number of halogens is 3. The normalized spacial score (nSPS) is 10.8. The van der Waals surface area contributed by atoms with Crippen LogP contribution in [0.1, 0.15) is 5.56 Å². The molecule has 3 nitrogen and oxygen atoms in total. The molecule has 0 saturated heterocycles. The monoisotopic (exact) mass is 256 g/mol. The molecule has 0 atom stereocenters. The summed E-state index contributed by atoms with van der Waals surface area (Å²) in [5.74, 6) is 0. The van der Waals surface area contributed by atoms with Gasteiger partial charge in [-0.05, 0) is 12.5 Å². The number of nitrogens with zero attached hydrogens (tertiary/aromatic N) is 2. The average Bonchev–Trinajstić information content (AvgIpc) is 2.08. The van der Waals surface area contributed by atoms with Crippen LogP contribution in [0.25, 0.3) is 0 Å². The zero-order valence-electron chi connectivity index (χ0n) is 9.08. The van der Waals surface area contributed by atoms with Crippen molar-refractivity contribution in [2.75, 3.05) is 0 Å². The van der Waals surface area contributed by atoms with E-state index in [0.717, 1.165) is 4.68 Å². The van der Waals surface area contributed by atoms with Gasteiger partial charge in [-0.2, -0.15) is 5.10 Å². The van der Waals surface area contributed by atoms with Gasteiger partial charge < -0.3 is 12.9 Å². The Morgan fingerprint density at radius 1 is 1.56 bits per heavy atom. The number of rotatable bonds is 3. The summed E-state index contributed by atoms with van der Waals surface area (Å²) in [6.07, 6.45) is 1.33. The first-order valence-electron chi connectivity index (χ1n) is 4.22. The van der Waals surface area contributed by atoms with Gasteiger partial charge in [0.2, 0.25) is 0 Å². The largest absolute Gasteiger partial charge is 1.00 e. The molecule has 0 fully saturated rings. The number of allylic oxidation sites excluding steroid dienone is 1. The van der Waals surface area contributed by atoms with Crippen molar-refractivity contribution in [3.63, 3.8) is 0 Å². The predicted molar refractivity (Wildman–Crippen MR) is 51.5 cm³/mol. The van der Waals surface area contributed by atoms with Crippen LogP contribution >= 0.6 is 0 Å². The molecule has 0 aliphatic rings. The second-order valence-corrected chi connectivity index (χ2v) is 3.26. The molecule has 0 aliphatic heterocycles. The minimum absolute atomic E-state index is 0. The van der Waals surface area contributed by atoms with Crippen LogP contribution in [0, 0.1) is 6.92 Å². The average molecular weight is 256 g/mol. The van der Waals surface area contributed by atoms with Crippen LogP contribution in [-0.4, -0.2) is 16.8 Å². The van der Waals surface area contributed by atoms with E-state index in [1.807, 2.05) is 0 Å². The fraction of sp³-hybridized carbons (Fsp3) is 0.250. The maximum atomic E-state index is 12.2. The Morgan fingerprint density at radius 3 is 2.56 bits per heavy atom. The van der Waals surface area contributed by atoms with E-state index < -0.39 is 24.6 Å². The van der Waals surface area contributed by atoms with Gasteiger partial charge >= 0.3 is 58.4 Å². The van der Waals surface area contributed by atoms with E-state index in [9.17, 15) is 17.7 Å². The van der Waals surface area contributed by atoms with Crippen LogP contribution in [0.3, 0.4) is 0 Å². The third-order valence-electron chi connectivity index (χ3n) is 1.82. The molecule has 0 N–H and O–H groups in total. The second-order valence-electron chi connectivity index (χ2n) is 3.26. The van der Waals surface area contributed by atoms with Crippen LogP contribution in [0.2, 0.25) is 0 Å². The third-order valence-corrected chi connectivity index (χ3v) is 1.82. The van der Waals surface area contributed by atoms with Gasteiger partial charge in [0.25, 0.3) is 5.56 Å². The summed E-state index contributed by atoms with van der Waals surface area (Å²) in [6, 6.07) is 1.23. The van der Waals surface area contributed by atoms with Crippen molar-refractivity contribution in [2.45, 2.75) is 13.5 Å². The molecule has 0 aromatic carbocycles. The Balaban J connectivity index is 0.00000225. The molecule has 0 radical (unpaired) electrons. The van der Waals surface area contributed by atoms with Crippen molar-refractivity contribution in [2.24, 2.45) is 0 Å². The maximum absolute atomic E-state index is 12.2. The third kappa shape index (κ3) is 4.54. The summed E-state index contributed by atoms with van der Waals surface area (Å²) < 4.78 is 37.2. The quantitative estimate of drug-likeness (QED) is 0.617. The summed E-state index contributed by atoms with van der Waals surface area (Å²) in [5.41, 5.74) is -0.885. The van der Waals surface area contributed by atoms with Gasteiger partial charge in [-0.3, -0.25) is 4.79 Å². The Bertz CT molecular complexity index is 444. The van der Waals surface area contributed by atoms with Gasteiger partial charge in [0.05, 0.1) is 6.20 Å². The van der Waals surface area contributed by atoms with Gasteiger partial charge in [0, 0.05) is 12.6 Å². The predicted octanol–water partition coefficient (Wildman–Crippen LogP) is -1.50. The van der Waals surface area contributed by atoms with Crippen molar-refractivity contribution in [1.29, 1.82) is 0 Å². The maximum Gasteiger partial charge on any atom is 1.00 e. The molecule has 0 spiro atoms. The van der Waals surface area contributed by atoms with Gasteiger partial charge in [-0.15, -0.1) is 12.1 Å². The zero-order valence-corrected chi connectivity index (χ0v) is 12.2. The molecule has 0 amide bonds. The fourth-order valence-corrected chi connectivity index (χ4v) is 0.939. The first kappa shape index (κ1) is 16.1. The van der Waals surface area contributed by atoms with Crippen LogP contribution in [-0.2, 0) is 6.54 Å². The smallest absolute Gasteiger partial charge is 0.445 e. The van der Waals surface area contributed by atoms with Crippen LogP contribution < -0.4 is 56.9 Å². The minimum Gasteiger partial charge on any atom is -0.445 e. The molecule has 16 heavy (non-hydrogen) atoms.